The molecule has 0 bridgehead atoms. The number of pyridine rings is 1. The molecule has 1 aliphatic heterocycles. The van der Waals surface area contributed by atoms with Gasteiger partial charge in [0.15, 0.2) is 11.6 Å². The smallest absolute Gasteiger partial charge is 0.251 e. The molecule has 2 amide bonds. The summed E-state index contributed by atoms with van der Waals surface area (Å²) in [7, 11) is 0. The van der Waals surface area contributed by atoms with Crippen LogP contribution in [0, 0.1) is 11.6 Å². The van der Waals surface area contributed by atoms with E-state index in [1.807, 2.05) is 0 Å². The first-order chi connectivity index (χ1) is 18.0. The summed E-state index contributed by atoms with van der Waals surface area (Å²) in [6, 6.07) is 10.9. The van der Waals surface area contributed by atoms with Crippen LogP contribution in [0.3, 0.4) is 0 Å². The summed E-state index contributed by atoms with van der Waals surface area (Å²) >= 11 is 0. The Bertz CT molecular complexity index is 1420. The first-order valence-electron chi connectivity index (χ1n) is 12.2. The van der Waals surface area contributed by atoms with Gasteiger partial charge in [-0.15, -0.1) is 0 Å². The maximum atomic E-state index is 14.1. The number of carbonyl (C=O) groups excluding carboxylic acids is 2. The number of nitrogens with zero attached hydrogens (tertiary/aromatic N) is 1. The number of hydrogen-bond donors (Lipinski definition) is 3. The minimum atomic E-state index is -1.70. The average molecular weight is 524 g/mol. The molecule has 3 aromatic rings. The Morgan fingerprint density at radius 1 is 1.21 bits per heavy atom. The lowest BCUT2D eigenvalue weighted by molar-refractivity contribution is -0.123. The molecule has 1 aliphatic carbocycles. The molecule has 2 aromatic carbocycles. The number of nitrogens with one attached hydrogen (secondary N) is 1. The first kappa shape index (κ1) is 25.6. The fraction of sp³-hybridized carbons (Fsp3) is 0.321. The Morgan fingerprint density at radius 2 is 1.92 bits per heavy atom. The van der Waals surface area contributed by atoms with Crippen molar-refractivity contribution in [3.8, 4) is 22.8 Å². The van der Waals surface area contributed by atoms with E-state index >= 15 is 0 Å². The second-order valence-corrected chi connectivity index (χ2v) is 10.1. The number of rotatable bonds is 8. The molecule has 198 valence electrons. The van der Waals surface area contributed by atoms with Crippen LogP contribution in [0.15, 0.2) is 48.5 Å². The van der Waals surface area contributed by atoms with Crippen LogP contribution in [0.4, 0.5) is 8.78 Å². The number of benzene rings is 2. The second-order valence-electron chi connectivity index (χ2n) is 10.1. The Balaban J connectivity index is 1.45. The van der Waals surface area contributed by atoms with Crippen LogP contribution in [0.5, 0.6) is 11.5 Å². The van der Waals surface area contributed by atoms with Crippen molar-refractivity contribution in [1.29, 1.82) is 0 Å². The van der Waals surface area contributed by atoms with Crippen molar-refractivity contribution in [3.05, 3.63) is 77.0 Å². The molecule has 0 spiro atoms. The van der Waals surface area contributed by atoms with Gasteiger partial charge in [-0.25, -0.2) is 13.8 Å². The SMILES string of the molecule is C[C@](O)(CNC(=O)c1ccc(F)c(OC2CC2)c1)c1cc2c(c(-c3ccc(F)cc3)n1)OC[C@]2(C)C(N)=O. The topological polar surface area (TPSA) is 124 Å². The summed E-state index contributed by atoms with van der Waals surface area (Å²) in [6.45, 7) is 2.81. The van der Waals surface area contributed by atoms with Gasteiger partial charge in [0.25, 0.3) is 5.91 Å². The molecule has 1 saturated carbocycles. The number of amides is 2. The molecule has 38 heavy (non-hydrogen) atoms. The van der Waals surface area contributed by atoms with Crippen molar-refractivity contribution in [1.82, 2.24) is 10.3 Å². The predicted molar refractivity (Wildman–Crippen MR) is 134 cm³/mol. The number of carbonyl (C=O) groups is 2. The zero-order valence-electron chi connectivity index (χ0n) is 20.9. The van der Waals surface area contributed by atoms with Gasteiger partial charge in [0, 0.05) is 16.7 Å². The van der Waals surface area contributed by atoms with Crippen LogP contribution in [-0.2, 0) is 15.8 Å². The molecule has 0 radical (unpaired) electrons. The van der Waals surface area contributed by atoms with Crippen LogP contribution < -0.4 is 20.5 Å². The summed E-state index contributed by atoms with van der Waals surface area (Å²) in [6.07, 6.45) is 1.64. The Kier molecular flexibility index (Phi) is 6.30. The van der Waals surface area contributed by atoms with E-state index in [0.717, 1.165) is 18.9 Å². The number of aromatic nitrogens is 1. The number of hydrogen-bond acceptors (Lipinski definition) is 6. The summed E-state index contributed by atoms with van der Waals surface area (Å²) in [5, 5.41) is 14.0. The number of ether oxygens (including phenoxy) is 2. The minimum absolute atomic E-state index is 0.00174. The van der Waals surface area contributed by atoms with Gasteiger partial charge in [0.05, 0.1) is 18.3 Å². The summed E-state index contributed by atoms with van der Waals surface area (Å²) in [5.41, 5.74) is 4.35. The maximum Gasteiger partial charge on any atom is 0.251 e. The van der Waals surface area contributed by atoms with Crippen molar-refractivity contribution in [2.45, 2.75) is 43.8 Å². The third-order valence-electron chi connectivity index (χ3n) is 6.89. The van der Waals surface area contributed by atoms with Crippen molar-refractivity contribution in [2.24, 2.45) is 5.73 Å². The van der Waals surface area contributed by atoms with Crippen LogP contribution in [0.2, 0.25) is 0 Å². The van der Waals surface area contributed by atoms with Gasteiger partial charge in [0.1, 0.15) is 34.9 Å². The Hall–Kier alpha value is -4.05. The van der Waals surface area contributed by atoms with Gasteiger partial charge in [-0.05, 0) is 75.2 Å². The third-order valence-corrected chi connectivity index (χ3v) is 6.89. The van der Waals surface area contributed by atoms with E-state index in [1.165, 1.54) is 49.4 Å². The molecule has 2 aliphatic rings. The summed E-state index contributed by atoms with van der Waals surface area (Å²) < 4.78 is 39.0. The van der Waals surface area contributed by atoms with E-state index in [4.69, 9.17) is 15.2 Å². The lowest BCUT2D eigenvalue weighted by atomic mass is 9.82. The highest BCUT2D eigenvalue weighted by Gasteiger charge is 2.45. The molecule has 1 aromatic heterocycles. The highest BCUT2D eigenvalue weighted by molar-refractivity contribution is 5.94. The third kappa shape index (κ3) is 4.79. The lowest BCUT2D eigenvalue weighted by Crippen LogP contribution is -2.41. The van der Waals surface area contributed by atoms with E-state index in [2.05, 4.69) is 10.3 Å². The first-order valence-corrected chi connectivity index (χ1v) is 12.2. The lowest BCUT2D eigenvalue weighted by Gasteiger charge is -2.26. The van der Waals surface area contributed by atoms with E-state index in [9.17, 15) is 23.5 Å². The zero-order valence-corrected chi connectivity index (χ0v) is 20.9. The molecule has 0 unspecified atom stereocenters. The van der Waals surface area contributed by atoms with E-state index in [1.54, 1.807) is 6.92 Å². The molecular formula is C28H27F2N3O5. The van der Waals surface area contributed by atoms with Crippen LogP contribution >= 0.6 is 0 Å². The fourth-order valence-corrected chi connectivity index (χ4v) is 4.21. The van der Waals surface area contributed by atoms with Crippen molar-refractivity contribution in [2.75, 3.05) is 13.2 Å². The van der Waals surface area contributed by atoms with Gasteiger partial charge < -0.3 is 25.6 Å². The number of aliphatic hydroxyl groups is 1. The quantitative estimate of drug-likeness (QED) is 0.416. The molecule has 0 saturated heterocycles. The van der Waals surface area contributed by atoms with E-state index in [-0.39, 0.29) is 36.3 Å². The minimum Gasteiger partial charge on any atom is -0.489 e. The Morgan fingerprint density at radius 3 is 2.58 bits per heavy atom. The highest BCUT2D eigenvalue weighted by Crippen LogP contribution is 2.45. The molecule has 2 atom stereocenters. The van der Waals surface area contributed by atoms with Gasteiger partial charge in [0.2, 0.25) is 5.91 Å². The number of nitrogens with two attached hydrogens (primary N) is 1. The number of halogens is 2. The van der Waals surface area contributed by atoms with Crippen molar-refractivity contribution < 1.29 is 33.0 Å². The van der Waals surface area contributed by atoms with E-state index in [0.29, 0.717) is 22.6 Å². The van der Waals surface area contributed by atoms with Gasteiger partial charge >= 0.3 is 0 Å². The van der Waals surface area contributed by atoms with Crippen molar-refractivity contribution in [3.63, 3.8) is 0 Å². The van der Waals surface area contributed by atoms with Crippen LogP contribution in [0.25, 0.3) is 11.3 Å². The van der Waals surface area contributed by atoms with Gasteiger partial charge in [-0.3, -0.25) is 9.59 Å². The predicted octanol–water partition coefficient (Wildman–Crippen LogP) is 3.34. The summed E-state index contributed by atoms with van der Waals surface area (Å²) in [4.78, 5) is 29.8. The number of fused-ring (bicyclic) bond motifs is 1. The molecule has 4 N–H and O–H groups in total. The van der Waals surface area contributed by atoms with E-state index < -0.39 is 34.5 Å². The molecule has 1 fully saturated rings. The van der Waals surface area contributed by atoms with Gasteiger partial charge in [-0.2, -0.15) is 0 Å². The normalized spacial score (nSPS) is 19.7. The standard InChI is InChI=1S/C28H27F2N3O5/c1-27(26(31)35)14-37-24-19(27)12-22(33-23(24)15-3-6-17(29)7-4-15)28(2,36)13-32-25(34)16-5-10-20(30)21(11-16)38-18-8-9-18/h3-7,10-12,18,36H,8-9,13-14H2,1-2H3,(H2,31,35)(H,32,34)/t27-,28-/m0/s1. The van der Waals surface area contributed by atoms with Crippen LogP contribution in [-0.4, -0.2) is 41.2 Å². The molecule has 10 heteroatoms. The van der Waals surface area contributed by atoms with Gasteiger partial charge in [-0.1, -0.05) is 0 Å². The molecule has 5 rings (SSSR count). The maximum absolute atomic E-state index is 14.1. The summed E-state index contributed by atoms with van der Waals surface area (Å²) in [5.74, 6) is -1.84. The number of primary amides is 1. The second kappa shape index (κ2) is 9.36. The molecule has 2 heterocycles. The van der Waals surface area contributed by atoms with Crippen LogP contribution in [0.1, 0.15) is 48.3 Å². The molecular weight excluding hydrogens is 496 g/mol. The monoisotopic (exact) mass is 523 g/mol. The fourth-order valence-electron chi connectivity index (χ4n) is 4.21. The Labute approximate surface area is 217 Å². The largest absolute Gasteiger partial charge is 0.489 e. The highest BCUT2D eigenvalue weighted by atomic mass is 19.1. The van der Waals surface area contributed by atoms with Crippen molar-refractivity contribution >= 4 is 11.8 Å². The average Bonchev–Trinajstić information content (AvgIpc) is 3.64. The molecule has 8 nitrogen and oxygen atoms in total. The zero-order chi connectivity index (χ0) is 27.2.